The molecule has 0 aliphatic rings. The van der Waals surface area contributed by atoms with Gasteiger partial charge in [0.2, 0.25) is 0 Å². The highest BCUT2D eigenvalue weighted by molar-refractivity contribution is 5.90. The van der Waals surface area contributed by atoms with Gasteiger partial charge in [0.15, 0.2) is 0 Å². The summed E-state index contributed by atoms with van der Waals surface area (Å²) in [5.74, 6) is -0.560. The minimum Gasteiger partial charge on any atom is -0.396 e. The van der Waals surface area contributed by atoms with Crippen LogP contribution in [0.2, 0.25) is 0 Å². The van der Waals surface area contributed by atoms with Crippen LogP contribution in [0.4, 0.5) is 0 Å². The van der Waals surface area contributed by atoms with Crippen molar-refractivity contribution < 1.29 is 15.1 Å². The maximum Gasteiger partial charge on any atom is 0.267 e. The number of carbonyl (C=O) groups excluding carboxylic acids is 1. The van der Waals surface area contributed by atoms with Crippen molar-refractivity contribution in [1.82, 2.24) is 15.8 Å². The molecule has 6 heteroatoms. The van der Waals surface area contributed by atoms with Gasteiger partial charge in [-0.15, -0.1) is 0 Å². The second-order valence-electron chi connectivity index (χ2n) is 6.70. The van der Waals surface area contributed by atoms with Crippen molar-refractivity contribution in [1.29, 1.82) is 0 Å². The van der Waals surface area contributed by atoms with Gasteiger partial charge < -0.3 is 15.4 Å². The molecule has 0 saturated carbocycles. The fourth-order valence-corrected chi connectivity index (χ4v) is 3.22. The van der Waals surface area contributed by atoms with Gasteiger partial charge in [-0.2, -0.15) is 0 Å². The summed E-state index contributed by atoms with van der Waals surface area (Å²) < 4.78 is 0. The zero-order valence-corrected chi connectivity index (χ0v) is 15.6. The average Bonchev–Trinajstić information content (AvgIpc) is 3.14. The molecule has 1 aromatic heterocycles. The van der Waals surface area contributed by atoms with Crippen LogP contribution in [0.25, 0.3) is 17.0 Å². The molecule has 1 atom stereocenters. The number of nitrogens with one attached hydrogen (secondary N) is 3. The summed E-state index contributed by atoms with van der Waals surface area (Å²) in [7, 11) is 0. The lowest BCUT2D eigenvalue weighted by atomic mass is 10.0. The zero-order chi connectivity index (χ0) is 19.8. The Balaban J connectivity index is 1.60. The largest absolute Gasteiger partial charge is 0.396 e. The van der Waals surface area contributed by atoms with Crippen molar-refractivity contribution >= 4 is 22.9 Å². The molecule has 28 heavy (non-hydrogen) atoms. The van der Waals surface area contributed by atoms with E-state index >= 15 is 0 Å². The fraction of sp³-hybridized carbons (Fsp3) is 0.227. The smallest absolute Gasteiger partial charge is 0.267 e. The number of benzene rings is 2. The normalized spacial score (nSPS) is 12.5. The van der Waals surface area contributed by atoms with Gasteiger partial charge in [0, 0.05) is 42.4 Å². The molecule has 146 valence electrons. The van der Waals surface area contributed by atoms with E-state index in [4.69, 9.17) is 5.21 Å². The van der Waals surface area contributed by atoms with Gasteiger partial charge in [-0.3, -0.25) is 10.0 Å². The van der Waals surface area contributed by atoms with E-state index in [0.717, 1.165) is 23.1 Å². The molecule has 0 bridgehead atoms. The lowest BCUT2D eigenvalue weighted by Gasteiger charge is -2.18. The van der Waals surface area contributed by atoms with Crippen molar-refractivity contribution in [2.75, 3.05) is 6.61 Å². The van der Waals surface area contributed by atoms with E-state index in [2.05, 4.69) is 22.4 Å². The van der Waals surface area contributed by atoms with Crippen molar-refractivity contribution in [3.63, 3.8) is 0 Å². The Kier molecular flexibility index (Phi) is 6.97. The number of rotatable bonds is 9. The molecule has 3 aromatic rings. The molecular weight excluding hydrogens is 354 g/mol. The molecule has 0 aliphatic heterocycles. The number of hydrogen-bond acceptors (Lipinski definition) is 4. The summed E-state index contributed by atoms with van der Waals surface area (Å²) in [6.45, 7) is 0.824. The highest BCUT2D eigenvalue weighted by Crippen LogP contribution is 2.20. The summed E-state index contributed by atoms with van der Waals surface area (Å²) in [6.07, 6.45) is 6.46. The van der Waals surface area contributed by atoms with Crippen molar-refractivity contribution in [2.24, 2.45) is 0 Å². The maximum absolute atomic E-state index is 11.0. The molecule has 1 unspecified atom stereocenters. The first-order chi connectivity index (χ1) is 13.7. The Morgan fingerprint density at radius 3 is 2.68 bits per heavy atom. The lowest BCUT2D eigenvalue weighted by molar-refractivity contribution is -0.124. The monoisotopic (exact) mass is 379 g/mol. The molecule has 1 heterocycles. The van der Waals surface area contributed by atoms with Crippen molar-refractivity contribution in [2.45, 2.75) is 25.4 Å². The number of hydrogen-bond donors (Lipinski definition) is 5. The number of aromatic amines is 1. The highest BCUT2D eigenvalue weighted by Gasteiger charge is 2.12. The number of aromatic nitrogens is 1. The minimum atomic E-state index is -0.560. The van der Waals surface area contributed by atoms with Crippen molar-refractivity contribution in [3.8, 4) is 0 Å². The van der Waals surface area contributed by atoms with Gasteiger partial charge >= 0.3 is 0 Å². The topological polar surface area (TPSA) is 97.4 Å². The van der Waals surface area contributed by atoms with E-state index in [1.807, 2.05) is 42.6 Å². The predicted octanol–water partition coefficient (Wildman–Crippen LogP) is 2.77. The summed E-state index contributed by atoms with van der Waals surface area (Å²) in [6, 6.07) is 16.2. The van der Waals surface area contributed by atoms with Crippen LogP contribution in [0.5, 0.6) is 0 Å². The number of carbonyl (C=O) groups is 1. The second-order valence-corrected chi connectivity index (χ2v) is 6.70. The van der Waals surface area contributed by atoms with Gasteiger partial charge in [0.05, 0.1) is 0 Å². The first kappa shape index (κ1) is 19.8. The van der Waals surface area contributed by atoms with Crippen LogP contribution in [0, 0.1) is 0 Å². The van der Waals surface area contributed by atoms with Gasteiger partial charge in [0.1, 0.15) is 0 Å². The fourth-order valence-electron chi connectivity index (χ4n) is 3.22. The van der Waals surface area contributed by atoms with Crippen LogP contribution in [0.1, 0.15) is 23.1 Å². The predicted molar refractivity (Wildman–Crippen MR) is 110 cm³/mol. The molecule has 0 radical (unpaired) electrons. The SMILES string of the molecule is O=C(/C=C/c1ccc(CNC(CCO)Cc2c[nH]c3ccccc23)cc1)NO. The number of aliphatic hydroxyl groups is 1. The Morgan fingerprint density at radius 1 is 1.14 bits per heavy atom. The molecule has 2 aromatic carbocycles. The first-order valence-corrected chi connectivity index (χ1v) is 9.30. The van der Waals surface area contributed by atoms with Crippen LogP contribution in [0.15, 0.2) is 60.8 Å². The number of hydroxylamine groups is 1. The van der Waals surface area contributed by atoms with Crippen molar-refractivity contribution in [3.05, 3.63) is 77.5 Å². The van der Waals surface area contributed by atoms with Gasteiger partial charge in [-0.25, -0.2) is 5.48 Å². The molecule has 0 saturated heterocycles. The average molecular weight is 379 g/mol. The van der Waals surface area contributed by atoms with Gasteiger partial charge in [-0.1, -0.05) is 42.5 Å². The molecule has 6 nitrogen and oxygen atoms in total. The Morgan fingerprint density at radius 2 is 1.93 bits per heavy atom. The number of H-pyrrole nitrogens is 1. The minimum absolute atomic E-state index is 0.136. The van der Waals surface area contributed by atoms with E-state index in [0.29, 0.717) is 13.0 Å². The lowest BCUT2D eigenvalue weighted by Crippen LogP contribution is -2.31. The van der Waals surface area contributed by atoms with Gasteiger partial charge in [-0.05, 0) is 41.7 Å². The quantitative estimate of drug-likeness (QED) is 0.224. The van der Waals surface area contributed by atoms with E-state index in [-0.39, 0.29) is 12.6 Å². The summed E-state index contributed by atoms with van der Waals surface area (Å²) in [5.41, 5.74) is 5.92. The van der Waals surface area contributed by atoms with Crippen LogP contribution < -0.4 is 10.8 Å². The Hall–Kier alpha value is -2.93. The molecule has 0 spiro atoms. The van der Waals surface area contributed by atoms with E-state index in [9.17, 15) is 9.90 Å². The molecular formula is C22H25N3O3. The van der Waals surface area contributed by atoms with E-state index in [1.54, 1.807) is 11.6 Å². The molecule has 0 aliphatic carbocycles. The maximum atomic E-state index is 11.0. The van der Waals surface area contributed by atoms with Crippen LogP contribution in [-0.4, -0.2) is 33.9 Å². The Bertz CT molecular complexity index is 932. The summed E-state index contributed by atoms with van der Waals surface area (Å²) in [5, 5.41) is 22.7. The molecule has 1 amide bonds. The third-order valence-corrected chi connectivity index (χ3v) is 4.73. The number of fused-ring (bicyclic) bond motifs is 1. The number of amides is 1. The molecule has 0 fully saturated rings. The van der Waals surface area contributed by atoms with E-state index in [1.165, 1.54) is 17.0 Å². The van der Waals surface area contributed by atoms with Crippen LogP contribution in [0.3, 0.4) is 0 Å². The number of aliphatic hydroxyl groups excluding tert-OH is 1. The van der Waals surface area contributed by atoms with Crippen LogP contribution in [-0.2, 0) is 17.8 Å². The molecule has 3 rings (SSSR count). The summed E-state index contributed by atoms with van der Waals surface area (Å²) in [4.78, 5) is 14.3. The summed E-state index contributed by atoms with van der Waals surface area (Å²) >= 11 is 0. The third kappa shape index (κ3) is 5.29. The second kappa shape index (κ2) is 9.85. The van der Waals surface area contributed by atoms with Crippen LogP contribution >= 0.6 is 0 Å². The Labute approximate surface area is 163 Å². The molecule has 5 N–H and O–H groups in total. The standard InChI is InChI=1S/C22H25N3O3/c26-12-11-19(13-18-15-24-21-4-2-1-3-20(18)21)23-14-17-7-5-16(6-8-17)9-10-22(27)25-28/h1-10,15,19,23-24,26,28H,11-14H2,(H,25,27)/b10-9+. The van der Waals surface area contributed by atoms with E-state index < -0.39 is 5.91 Å². The third-order valence-electron chi connectivity index (χ3n) is 4.73. The first-order valence-electron chi connectivity index (χ1n) is 9.30. The zero-order valence-electron chi connectivity index (χ0n) is 15.6. The highest BCUT2D eigenvalue weighted by atomic mass is 16.5. The number of para-hydroxylation sites is 1. The van der Waals surface area contributed by atoms with Gasteiger partial charge in [0.25, 0.3) is 5.91 Å².